The Morgan fingerprint density at radius 1 is 1.44 bits per heavy atom. The normalized spacial score (nSPS) is 26.2. The minimum absolute atomic E-state index is 0.616. The van der Waals surface area contributed by atoms with E-state index in [2.05, 4.69) is 17.0 Å². The molecule has 1 unspecified atom stereocenters. The van der Waals surface area contributed by atoms with Gasteiger partial charge >= 0.3 is 0 Å². The lowest BCUT2D eigenvalue weighted by Gasteiger charge is -2.27. The number of aromatic nitrogens is 2. The van der Waals surface area contributed by atoms with Crippen molar-refractivity contribution in [2.75, 3.05) is 33.9 Å². The van der Waals surface area contributed by atoms with Crippen LogP contribution in [0.25, 0.3) is 0 Å². The first-order valence-corrected chi connectivity index (χ1v) is 6.58. The molecular formula is C13H23N3O2. The predicted molar refractivity (Wildman–Crippen MR) is 69.3 cm³/mol. The van der Waals surface area contributed by atoms with E-state index in [0.29, 0.717) is 13.2 Å². The van der Waals surface area contributed by atoms with Crippen molar-refractivity contribution in [1.82, 2.24) is 14.7 Å². The van der Waals surface area contributed by atoms with Gasteiger partial charge < -0.3 is 14.7 Å². The highest BCUT2D eigenvalue weighted by Gasteiger charge is 2.34. The van der Waals surface area contributed by atoms with Crippen LogP contribution < -0.4 is 0 Å². The Morgan fingerprint density at radius 3 is 3.06 bits per heavy atom. The number of hydrogen-bond donors (Lipinski definition) is 1. The maximum Gasteiger partial charge on any atom is 0.107 e. The molecule has 2 rings (SSSR count). The molecule has 1 fully saturated rings. The fourth-order valence-corrected chi connectivity index (χ4v) is 2.59. The lowest BCUT2D eigenvalue weighted by Crippen LogP contribution is -2.31. The summed E-state index contributed by atoms with van der Waals surface area (Å²) in [4.78, 5) is 2.27. The van der Waals surface area contributed by atoms with Gasteiger partial charge in [-0.3, -0.25) is 4.68 Å². The Bertz CT molecular complexity index is 380. The van der Waals surface area contributed by atoms with Gasteiger partial charge in [0.05, 0.1) is 18.8 Å². The molecule has 0 radical (unpaired) electrons. The van der Waals surface area contributed by atoms with Crippen LogP contribution in [0.5, 0.6) is 0 Å². The third-order valence-corrected chi connectivity index (χ3v) is 3.74. The molecular weight excluding hydrogens is 230 g/mol. The SMILES string of the molecule is COCCn1nccc1C1(O)CCCN(C)CC1. The van der Waals surface area contributed by atoms with Crippen LogP contribution in [0.2, 0.25) is 0 Å². The van der Waals surface area contributed by atoms with Gasteiger partial charge in [-0.25, -0.2) is 0 Å². The quantitative estimate of drug-likeness (QED) is 0.863. The smallest absolute Gasteiger partial charge is 0.107 e. The van der Waals surface area contributed by atoms with Crippen LogP contribution in [0.3, 0.4) is 0 Å². The Balaban J connectivity index is 2.15. The summed E-state index contributed by atoms with van der Waals surface area (Å²) in [7, 11) is 3.78. The third-order valence-electron chi connectivity index (χ3n) is 3.74. The summed E-state index contributed by atoms with van der Waals surface area (Å²) < 4.78 is 6.95. The van der Waals surface area contributed by atoms with E-state index in [1.165, 1.54) is 0 Å². The van der Waals surface area contributed by atoms with E-state index in [4.69, 9.17) is 4.74 Å². The molecule has 1 aliphatic heterocycles. The molecule has 1 atom stereocenters. The molecule has 2 heterocycles. The van der Waals surface area contributed by atoms with Crippen molar-refractivity contribution in [2.24, 2.45) is 0 Å². The Kier molecular flexibility index (Phi) is 4.37. The van der Waals surface area contributed by atoms with Crippen LogP contribution in [0.1, 0.15) is 25.0 Å². The van der Waals surface area contributed by atoms with Crippen molar-refractivity contribution >= 4 is 0 Å². The zero-order valence-electron chi connectivity index (χ0n) is 11.3. The Labute approximate surface area is 108 Å². The van der Waals surface area contributed by atoms with Crippen molar-refractivity contribution in [2.45, 2.75) is 31.4 Å². The zero-order chi connectivity index (χ0) is 13.0. The summed E-state index contributed by atoms with van der Waals surface area (Å²) in [6.07, 6.45) is 4.35. The molecule has 5 heteroatoms. The first kappa shape index (κ1) is 13.5. The van der Waals surface area contributed by atoms with Gasteiger partial charge in [0, 0.05) is 19.9 Å². The van der Waals surface area contributed by atoms with E-state index in [-0.39, 0.29) is 0 Å². The molecule has 0 saturated carbocycles. The lowest BCUT2D eigenvalue weighted by molar-refractivity contribution is 0.0118. The fraction of sp³-hybridized carbons (Fsp3) is 0.769. The molecule has 5 nitrogen and oxygen atoms in total. The van der Waals surface area contributed by atoms with Gasteiger partial charge in [-0.05, 0) is 38.9 Å². The van der Waals surface area contributed by atoms with Crippen molar-refractivity contribution < 1.29 is 9.84 Å². The summed E-state index contributed by atoms with van der Waals surface area (Å²) in [5.41, 5.74) is 0.185. The van der Waals surface area contributed by atoms with Crippen molar-refractivity contribution in [3.8, 4) is 0 Å². The number of likely N-dealkylation sites (tertiary alicyclic amines) is 1. The summed E-state index contributed by atoms with van der Waals surface area (Å²) in [5, 5.41) is 15.2. The molecule has 0 aliphatic carbocycles. The highest BCUT2D eigenvalue weighted by Crippen LogP contribution is 2.32. The van der Waals surface area contributed by atoms with E-state index in [1.54, 1.807) is 13.3 Å². The first-order valence-electron chi connectivity index (χ1n) is 6.58. The highest BCUT2D eigenvalue weighted by atomic mass is 16.5. The third kappa shape index (κ3) is 2.91. The van der Waals surface area contributed by atoms with E-state index in [0.717, 1.165) is 38.0 Å². The maximum atomic E-state index is 10.9. The number of methoxy groups -OCH3 is 1. The van der Waals surface area contributed by atoms with Gasteiger partial charge in [-0.1, -0.05) is 0 Å². The molecule has 0 aromatic carbocycles. The summed E-state index contributed by atoms with van der Waals surface area (Å²) >= 11 is 0. The standard InChI is InChI=1S/C13H23N3O2/c1-15-8-3-5-13(17,6-9-15)12-4-7-14-16(12)10-11-18-2/h4,7,17H,3,5-6,8-11H2,1-2H3. The van der Waals surface area contributed by atoms with E-state index in [9.17, 15) is 5.11 Å². The average Bonchev–Trinajstić information content (AvgIpc) is 2.76. The first-order chi connectivity index (χ1) is 8.65. The second-order valence-electron chi connectivity index (χ2n) is 5.12. The minimum atomic E-state index is -0.741. The molecule has 1 aromatic rings. The van der Waals surface area contributed by atoms with Crippen LogP contribution in [-0.4, -0.2) is 53.6 Å². The molecule has 0 bridgehead atoms. The van der Waals surface area contributed by atoms with Gasteiger partial charge in [0.15, 0.2) is 0 Å². The van der Waals surface area contributed by atoms with Crippen LogP contribution >= 0.6 is 0 Å². The topological polar surface area (TPSA) is 50.5 Å². The van der Waals surface area contributed by atoms with Gasteiger partial charge in [0.1, 0.15) is 5.60 Å². The average molecular weight is 253 g/mol. The summed E-state index contributed by atoms with van der Waals surface area (Å²) in [6.45, 7) is 3.28. The molecule has 1 aromatic heterocycles. The van der Waals surface area contributed by atoms with Crippen LogP contribution in [-0.2, 0) is 16.9 Å². The lowest BCUT2D eigenvalue weighted by atomic mass is 9.91. The number of nitrogens with zero attached hydrogens (tertiary/aromatic N) is 3. The van der Waals surface area contributed by atoms with Crippen molar-refractivity contribution in [1.29, 1.82) is 0 Å². The van der Waals surface area contributed by atoms with E-state index in [1.807, 2.05) is 10.7 Å². The van der Waals surface area contributed by atoms with Gasteiger partial charge in [-0.15, -0.1) is 0 Å². The van der Waals surface area contributed by atoms with Crippen molar-refractivity contribution in [3.63, 3.8) is 0 Å². The Morgan fingerprint density at radius 2 is 2.28 bits per heavy atom. The second-order valence-corrected chi connectivity index (χ2v) is 5.12. The molecule has 1 aliphatic rings. The van der Waals surface area contributed by atoms with Crippen LogP contribution in [0, 0.1) is 0 Å². The van der Waals surface area contributed by atoms with E-state index < -0.39 is 5.60 Å². The summed E-state index contributed by atoms with van der Waals surface area (Å²) in [5.74, 6) is 0. The highest BCUT2D eigenvalue weighted by molar-refractivity contribution is 5.12. The molecule has 18 heavy (non-hydrogen) atoms. The number of hydrogen-bond acceptors (Lipinski definition) is 4. The second kappa shape index (κ2) is 5.82. The largest absolute Gasteiger partial charge is 0.384 e. The maximum absolute atomic E-state index is 10.9. The number of aliphatic hydroxyl groups is 1. The Hall–Kier alpha value is -0.910. The minimum Gasteiger partial charge on any atom is -0.384 e. The summed E-state index contributed by atoms with van der Waals surface area (Å²) in [6, 6.07) is 1.93. The molecule has 0 spiro atoms. The monoisotopic (exact) mass is 253 g/mol. The molecule has 1 saturated heterocycles. The van der Waals surface area contributed by atoms with Crippen molar-refractivity contribution in [3.05, 3.63) is 18.0 Å². The van der Waals surface area contributed by atoms with Gasteiger partial charge in [0.25, 0.3) is 0 Å². The van der Waals surface area contributed by atoms with Crippen LogP contribution in [0.15, 0.2) is 12.3 Å². The van der Waals surface area contributed by atoms with Gasteiger partial charge in [0.2, 0.25) is 0 Å². The molecule has 102 valence electrons. The number of ether oxygens (including phenoxy) is 1. The van der Waals surface area contributed by atoms with E-state index >= 15 is 0 Å². The molecule has 0 amide bonds. The zero-order valence-corrected chi connectivity index (χ0v) is 11.3. The predicted octanol–water partition coefficient (Wildman–Crippen LogP) is 0.833. The van der Waals surface area contributed by atoms with Gasteiger partial charge in [-0.2, -0.15) is 5.10 Å². The number of rotatable bonds is 4. The fourth-order valence-electron chi connectivity index (χ4n) is 2.59. The van der Waals surface area contributed by atoms with Crippen LogP contribution in [0.4, 0.5) is 0 Å². The molecule has 1 N–H and O–H groups in total.